The Balaban J connectivity index is 2.50. The second-order valence-electron chi connectivity index (χ2n) is 4.75. The van der Waals surface area contributed by atoms with Gasteiger partial charge in [0.05, 0.1) is 0 Å². The molecule has 2 N–H and O–H groups in total. The number of hydrogen-bond acceptors (Lipinski definition) is 1. The predicted octanol–water partition coefficient (Wildman–Crippen LogP) is 2.90. The Morgan fingerprint density at radius 1 is 1.24 bits per heavy atom. The molecule has 1 nitrogen and oxygen atoms in total. The molecular formula is C12H13F4N. The number of rotatable bonds is 2. The molecule has 0 heterocycles. The van der Waals surface area contributed by atoms with Crippen LogP contribution >= 0.6 is 0 Å². The number of hydrogen-bond donors (Lipinski definition) is 1. The average molecular weight is 247 g/mol. The van der Waals surface area contributed by atoms with Crippen LogP contribution in [0, 0.1) is 18.6 Å². The Labute approximate surface area is 96.6 Å². The lowest BCUT2D eigenvalue weighted by Gasteiger charge is -2.47. The van der Waals surface area contributed by atoms with Gasteiger partial charge in [0, 0.05) is 30.4 Å². The van der Waals surface area contributed by atoms with Crippen LogP contribution in [0.15, 0.2) is 12.1 Å². The van der Waals surface area contributed by atoms with Crippen LogP contribution in [-0.2, 0) is 5.41 Å². The summed E-state index contributed by atoms with van der Waals surface area (Å²) in [6.45, 7) is 1.29. The summed E-state index contributed by atoms with van der Waals surface area (Å²) in [5, 5.41) is 0. The zero-order valence-corrected chi connectivity index (χ0v) is 9.37. The van der Waals surface area contributed by atoms with Gasteiger partial charge in [-0.05, 0) is 18.6 Å². The van der Waals surface area contributed by atoms with E-state index in [0.717, 1.165) is 6.07 Å². The first-order valence-electron chi connectivity index (χ1n) is 5.34. The lowest BCUT2D eigenvalue weighted by Crippen LogP contribution is -2.54. The van der Waals surface area contributed by atoms with E-state index < -0.39 is 35.8 Å². The third-order valence-corrected chi connectivity index (χ3v) is 3.40. The molecule has 0 bridgehead atoms. The van der Waals surface area contributed by atoms with E-state index in [2.05, 4.69) is 0 Å². The zero-order valence-electron chi connectivity index (χ0n) is 9.37. The molecule has 0 aliphatic heterocycles. The molecule has 0 atom stereocenters. The van der Waals surface area contributed by atoms with Gasteiger partial charge in [-0.25, -0.2) is 17.6 Å². The third-order valence-electron chi connectivity index (χ3n) is 3.40. The minimum Gasteiger partial charge on any atom is -0.330 e. The van der Waals surface area contributed by atoms with Gasteiger partial charge in [0.15, 0.2) is 0 Å². The van der Waals surface area contributed by atoms with Gasteiger partial charge in [-0.15, -0.1) is 0 Å². The highest BCUT2D eigenvalue weighted by Gasteiger charge is 2.58. The van der Waals surface area contributed by atoms with E-state index in [9.17, 15) is 17.6 Å². The van der Waals surface area contributed by atoms with Crippen molar-refractivity contribution in [2.24, 2.45) is 5.73 Å². The summed E-state index contributed by atoms with van der Waals surface area (Å²) >= 11 is 0. The average Bonchev–Trinajstić information content (AvgIpc) is 2.21. The van der Waals surface area contributed by atoms with E-state index in [1.165, 1.54) is 13.0 Å². The molecule has 1 aromatic carbocycles. The van der Waals surface area contributed by atoms with Crippen LogP contribution in [0.5, 0.6) is 0 Å². The molecule has 0 amide bonds. The molecule has 0 unspecified atom stereocenters. The molecule has 17 heavy (non-hydrogen) atoms. The fourth-order valence-corrected chi connectivity index (χ4v) is 2.50. The van der Waals surface area contributed by atoms with E-state index >= 15 is 0 Å². The van der Waals surface area contributed by atoms with Gasteiger partial charge in [-0.3, -0.25) is 0 Å². The molecule has 0 spiro atoms. The first-order valence-corrected chi connectivity index (χ1v) is 5.34. The van der Waals surface area contributed by atoms with Gasteiger partial charge in [0.2, 0.25) is 5.92 Å². The van der Waals surface area contributed by atoms with E-state index in [1.807, 2.05) is 0 Å². The summed E-state index contributed by atoms with van der Waals surface area (Å²) in [7, 11) is 0. The summed E-state index contributed by atoms with van der Waals surface area (Å²) in [5.41, 5.74) is 4.14. The molecule has 1 aliphatic carbocycles. The van der Waals surface area contributed by atoms with Crippen LogP contribution in [0.4, 0.5) is 17.6 Å². The van der Waals surface area contributed by atoms with Crippen molar-refractivity contribution in [2.75, 3.05) is 6.54 Å². The molecule has 2 rings (SSSR count). The van der Waals surface area contributed by atoms with Crippen molar-refractivity contribution < 1.29 is 17.6 Å². The highest BCUT2D eigenvalue weighted by atomic mass is 19.3. The fraction of sp³-hybridized carbons (Fsp3) is 0.500. The lowest BCUT2D eigenvalue weighted by molar-refractivity contribution is -0.125. The maximum Gasteiger partial charge on any atom is 0.250 e. The van der Waals surface area contributed by atoms with Crippen LogP contribution in [0.25, 0.3) is 0 Å². The Bertz CT molecular complexity index is 448. The van der Waals surface area contributed by atoms with Crippen LogP contribution < -0.4 is 5.73 Å². The highest BCUT2D eigenvalue weighted by Crippen LogP contribution is 2.54. The predicted molar refractivity (Wildman–Crippen MR) is 56.0 cm³/mol. The monoisotopic (exact) mass is 247 g/mol. The standard InChI is InChI=1S/C12H13F4N/c1-7-2-3-8(13)9(10(7)14)11(6-17)4-12(15,16)5-11/h2-3H,4-6,17H2,1H3. The van der Waals surface area contributed by atoms with Crippen LogP contribution in [0.1, 0.15) is 24.0 Å². The normalized spacial score (nSPS) is 21.1. The smallest absolute Gasteiger partial charge is 0.250 e. The van der Waals surface area contributed by atoms with Gasteiger partial charge in [-0.1, -0.05) is 6.07 Å². The van der Waals surface area contributed by atoms with Gasteiger partial charge in [0.1, 0.15) is 11.6 Å². The molecule has 1 saturated carbocycles. The summed E-state index contributed by atoms with van der Waals surface area (Å²) in [6, 6.07) is 2.39. The van der Waals surface area contributed by atoms with Gasteiger partial charge in [0.25, 0.3) is 0 Å². The Hall–Kier alpha value is -1.10. The van der Waals surface area contributed by atoms with E-state index in [1.54, 1.807) is 0 Å². The van der Waals surface area contributed by atoms with Gasteiger partial charge < -0.3 is 5.73 Å². The van der Waals surface area contributed by atoms with Crippen LogP contribution in [0.3, 0.4) is 0 Å². The number of benzene rings is 1. The zero-order chi connectivity index (χ0) is 12.8. The molecule has 0 aromatic heterocycles. The maximum absolute atomic E-state index is 13.9. The molecule has 5 heteroatoms. The first kappa shape index (κ1) is 12.4. The summed E-state index contributed by atoms with van der Waals surface area (Å²) in [4.78, 5) is 0. The highest BCUT2D eigenvalue weighted by molar-refractivity contribution is 5.37. The number of alkyl halides is 2. The summed E-state index contributed by atoms with van der Waals surface area (Å²) < 4.78 is 53.5. The number of halogens is 4. The van der Waals surface area contributed by atoms with Crippen molar-refractivity contribution in [3.8, 4) is 0 Å². The van der Waals surface area contributed by atoms with Crippen molar-refractivity contribution in [2.45, 2.75) is 31.1 Å². The lowest BCUT2D eigenvalue weighted by atomic mass is 9.61. The van der Waals surface area contributed by atoms with Crippen LogP contribution in [0.2, 0.25) is 0 Å². The Kier molecular flexibility index (Phi) is 2.69. The van der Waals surface area contributed by atoms with Crippen molar-refractivity contribution in [3.05, 3.63) is 34.9 Å². The minimum atomic E-state index is -2.87. The fourth-order valence-electron chi connectivity index (χ4n) is 2.50. The number of aryl methyl sites for hydroxylation is 1. The summed E-state index contributed by atoms with van der Waals surface area (Å²) in [5.74, 6) is -4.43. The largest absolute Gasteiger partial charge is 0.330 e. The third kappa shape index (κ3) is 1.82. The SMILES string of the molecule is Cc1ccc(F)c(C2(CN)CC(F)(F)C2)c1F. The molecule has 0 saturated heterocycles. The first-order chi connectivity index (χ1) is 7.81. The van der Waals surface area contributed by atoms with Crippen molar-refractivity contribution >= 4 is 0 Å². The van der Waals surface area contributed by atoms with Gasteiger partial charge in [-0.2, -0.15) is 0 Å². The Morgan fingerprint density at radius 2 is 1.82 bits per heavy atom. The maximum atomic E-state index is 13.9. The number of nitrogens with two attached hydrogens (primary N) is 1. The topological polar surface area (TPSA) is 26.0 Å². The molecule has 1 aromatic rings. The molecule has 94 valence electrons. The molecule has 1 aliphatic rings. The summed E-state index contributed by atoms with van der Waals surface area (Å²) in [6.07, 6.45) is -1.18. The van der Waals surface area contributed by atoms with Crippen molar-refractivity contribution in [1.29, 1.82) is 0 Å². The molecular weight excluding hydrogens is 234 g/mol. The Morgan fingerprint density at radius 3 is 2.29 bits per heavy atom. The second kappa shape index (κ2) is 3.70. The van der Waals surface area contributed by atoms with E-state index in [0.29, 0.717) is 0 Å². The van der Waals surface area contributed by atoms with Crippen molar-refractivity contribution in [1.82, 2.24) is 0 Å². The molecule has 1 fully saturated rings. The van der Waals surface area contributed by atoms with Gasteiger partial charge >= 0.3 is 0 Å². The van der Waals surface area contributed by atoms with E-state index in [-0.39, 0.29) is 17.7 Å². The minimum absolute atomic E-state index is 0.181. The van der Waals surface area contributed by atoms with Crippen LogP contribution in [-0.4, -0.2) is 12.5 Å². The van der Waals surface area contributed by atoms with E-state index in [4.69, 9.17) is 5.73 Å². The van der Waals surface area contributed by atoms with Crippen molar-refractivity contribution in [3.63, 3.8) is 0 Å². The second-order valence-corrected chi connectivity index (χ2v) is 4.75. The molecule has 0 radical (unpaired) electrons. The quantitative estimate of drug-likeness (QED) is 0.799.